The van der Waals surface area contributed by atoms with Gasteiger partial charge in [-0.05, 0) is 12.1 Å². The van der Waals surface area contributed by atoms with Crippen molar-refractivity contribution in [3.8, 4) is 0 Å². The molecule has 110 valence electrons. The second kappa shape index (κ2) is 6.36. The van der Waals surface area contributed by atoms with Crippen LogP contribution in [0.2, 0.25) is 0 Å². The van der Waals surface area contributed by atoms with Crippen molar-refractivity contribution in [3.05, 3.63) is 36.9 Å². The van der Waals surface area contributed by atoms with Crippen molar-refractivity contribution < 1.29 is 9.53 Å². The van der Waals surface area contributed by atoms with Crippen molar-refractivity contribution in [2.24, 2.45) is 0 Å². The summed E-state index contributed by atoms with van der Waals surface area (Å²) in [6.45, 7) is 3.24. The van der Waals surface area contributed by atoms with E-state index >= 15 is 0 Å². The molecule has 1 aliphatic heterocycles. The van der Waals surface area contributed by atoms with Crippen LogP contribution >= 0.6 is 0 Å². The van der Waals surface area contributed by atoms with Crippen molar-refractivity contribution in [1.82, 2.24) is 14.5 Å². The van der Waals surface area contributed by atoms with Gasteiger partial charge in [0.25, 0.3) is 0 Å². The molecule has 1 amide bonds. The summed E-state index contributed by atoms with van der Waals surface area (Å²) in [5.74, 6) is 0.565. The first-order valence-corrected chi connectivity index (χ1v) is 6.86. The van der Waals surface area contributed by atoms with Crippen LogP contribution in [0.3, 0.4) is 0 Å². The maximum atomic E-state index is 11.9. The van der Waals surface area contributed by atoms with E-state index in [0.717, 1.165) is 13.1 Å². The molecule has 1 fully saturated rings. The Bertz CT molecular complexity index is 576. The molecule has 7 heteroatoms. The molecule has 0 radical (unpaired) electrons. The predicted molar refractivity (Wildman–Crippen MR) is 78.1 cm³/mol. The molecule has 1 saturated heterocycles. The zero-order chi connectivity index (χ0) is 14.5. The third-order valence-corrected chi connectivity index (χ3v) is 3.21. The van der Waals surface area contributed by atoms with Crippen molar-refractivity contribution in [2.75, 3.05) is 36.5 Å². The molecule has 2 aromatic heterocycles. The van der Waals surface area contributed by atoms with Gasteiger partial charge in [-0.15, -0.1) is 0 Å². The number of hydrogen-bond acceptors (Lipinski definition) is 5. The first kappa shape index (κ1) is 13.6. The van der Waals surface area contributed by atoms with Gasteiger partial charge in [-0.2, -0.15) is 0 Å². The number of ether oxygens (including phenoxy) is 1. The van der Waals surface area contributed by atoms with Crippen molar-refractivity contribution >= 4 is 17.5 Å². The summed E-state index contributed by atoms with van der Waals surface area (Å²) < 4.78 is 7.09. The molecule has 0 bridgehead atoms. The molecule has 1 N–H and O–H groups in total. The number of carbonyl (C=O) groups excluding carboxylic acids is 1. The van der Waals surface area contributed by atoms with Gasteiger partial charge in [-0.1, -0.05) is 0 Å². The molecular formula is C14H17N5O2. The summed E-state index contributed by atoms with van der Waals surface area (Å²) in [5.41, 5.74) is 0.601. The zero-order valence-electron chi connectivity index (χ0n) is 11.6. The van der Waals surface area contributed by atoms with Crippen LogP contribution in [-0.4, -0.2) is 46.7 Å². The van der Waals surface area contributed by atoms with Crippen LogP contribution in [0.25, 0.3) is 0 Å². The molecule has 0 aliphatic carbocycles. The number of carbonyl (C=O) groups is 1. The zero-order valence-corrected chi connectivity index (χ0v) is 11.6. The molecule has 0 unspecified atom stereocenters. The SMILES string of the molecule is O=C(Cn1cccc1)Nc1cnc(N2CCOCC2)nc1. The van der Waals surface area contributed by atoms with Crippen LogP contribution in [0.4, 0.5) is 11.6 Å². The summed E-state index contributed by atoms with van der Waals surface area (Å²) in [7, 11) is 0. The van der Waals surface area contributed by atoms with Gasteiger partial charge < -0.3 is 19.5 Å². The van der Waals surface area contributed by atoms with E-state index in [1.54, 1.807) is 17.0 Å². The van der Waals surface area contributed by atoms with Gasteiger partial charge in [0.2, 0.25) is 11.9 Å². The van der Waals surface area contributed by atoms with Gasteiger partial charge >= 0.3 is 0 Å². The van der Waals surface area contributed by atoms with E-state index in [1.807, 2.05) is 24.5 Å². The molecule has 21 heavy (non-hydrogen) atoms. The smallest absolute Gasteiger partial charge is 0.244 e. The number of anilines is 2. The van der Waals surface area contributed by atoms with Crippen LogP contribution in [-0.2, 0) is 16.1 Å². The van der Waals surface area contributed by atoms with Crippen LogP contribution in [0, 0.1) is 0 Å². The molecule has 3 rings (SSSR count). The maximum Gasteiger partial charge on any atom is 0.244 e. The molecule has 1 aliphatic rings. The Morgan fingerprint density at radius 3 is 2.52 bits per heavy atom. The van der Waals surface area contributed by atoms with E-state index in [0.29, 0.717) is 24.8 Å². The van der Waals surface area contributed by atoms with Gasteiger partial charge in [0, 0.05) is 25.5 Å². The fourth-order valence-corrected chi connectivity index (χ4v) is 2.15. The third kappa shape index (κ3) is 3.57. The molecule has 0 atom stereocenters. The standard InChI is InChI=1S/C14H17N5O2/c20-13(11-18-3-1-2-4-18)17-12-9-15-14(16-10-12)19-5-7-21-8-6-19/h1-4,9-10H,5-8,11H2,(H,17,20). The summed E-state index contributed by atoms with van der Waals surface area (Å²) in [6, 6.07) is 3.76. The third-order valence-electron chi connectivity index (χ3n) is 3.21. The van der Waals surface area contributed by atoms with E-state index in [4.69, 9.17) is 4.74 Å². The van der Waals surface area contributed by atoms with Gasteiger partial charge in [-0.3, -0.25) is 4.79 Å². The van der Waals surface area contributed by atoms with Crippen LogP contribution in [0.5, 0.6) is 0 Å². The Balaban J connectivity index is 1.57. The van der Waals surface area contributed by atoms with Crippen LogP contribution in [0.1, 0.15) is 0 Å². The van der Waals surface area contributed by atoms with Crippen molar-refractivity contribution in [1.29, 1.82) is 0 Å². The first-order chi connectivity index (χ1) is 10.3. The lowest BCUT2D eigenvalue weighted by molar-refractivity contribution is -0.116. The minimum atomic E-state index is -0.103. The number of aromatic nitrogens is 3. The highest BCUT2D eigenvalue weighted by molar-refractivity contribution is 5.90. The lowest BCUT2D eigenvalue weighted by atomic mass is 10.4. The lowest BCUT2D eigenvalue weighted by Gasteiger charge is -2.26. The fraction of sp³-hybridized carbons (Fsp3) is 0.357. The number of nitrogens with zero attached hydrogens (tertiary/aromatic N) is 4. The van der Waals surface area contributed by atoms with E-state index < -0.39 is 0 Å². The highest BCUT2D eigenvalue weighted by Crippen LogP contribution is 2.11. The largest absolute Gasteiger partial charge is 0.378 e. The monoisotopic (exact) mass is 287 g/mol. The van der Waals surface area contributed by atoms with Gasteiger partial charge in [0.05, 0.1) is 31.3 Å². The second-order valence-electron chi connectivity index (χ2n) is 4.77. The van der Waals surface area contributed by atoms with Gasteiger partial charge in [-0.25, -0.2) is 9.97 Å². The summed E-state index contributed by atoms with van der Waals surface area (Å²) in [4.78, 5) is 22.5. The van der Waals surface area contributed by atoms with E-state index in [1.165, 1.54) is 0 Å². The molecule has 3 heterocycles. The highest BCUT2D eigenvalue weighted by Gasteiger charge is 2.13. The Hall–Kier alpha value is -2.41. The topological polar surface area (TPSA) is 72.3 Å². The molecule has 7 nitrogen and oxygen atoms in total. The van der Waals surface area contributed by atoms with Gasteiger partial charge in [0.1, 0.15) is 6.54 Å². The quantitative estimate of drug-likeness (QED) is 0.898. The number of morpholine rings is 1. The fourth-order valence-electron chi connectivity index (χ4n) is 2.15. The van der Waals surface area contributed by atoms with Crippen LogP contribution < -0.4 is 10.2 Å². The van der Waals surface area contributed by atoms with Crippen molar-refractivity contribution in [3.63, 3.8) is 0 Å². The number of nitrogens with one attached hydrogen (secondary N) is 1. The maximum absolute atomic E-state index is 11.9. The molecule has 0 spiro atoms. The normalized spacial score (nSPS) is 15.0. The minimum absolute atomic E-state index is 0.103. The number of rotatable bonds is 4. The lowest BCUT2D eigenvalue weighted by Crippen LogP contribution is -2.37. The average molecular weight is 287 g/mol. The predicted octanol–water partition coefficient (Wildman–Crippen LogP) is 0.753. The Morgan fingerprint density at radius 2 is 1.86 bits per heavy atom. The molecule has 0 aromatic carbocycles. The van der Waals surface area contributed by atoms with E-state index in [2.05, 4.69) is 20.2 Å². The molecule has 0 saturated carbocycles. The number of hydrogen-bond donors (Lipinski definition) is 1. The Kier molecular flexibility index (Phi) is 4.11. The molecular weight excluding hydrogens is 270 g/mol. The minimum Gasteiger partial charge on any atom is -0.378 e. The summed E-state index contributed by atoms with van der Waals surface area (Å²) in [5, 5.41) is 2.78. The second-order valence-corrected chi connectivity index (χ2v) is 4.77. The van der Waals surface area contributed by atoms with E-state index in [9.17, 15) is 4.79 Å². The Morgan fingerprint density at radius 1 is 1.19 bits per heavy atom. The van der Waals surface area contributed by atoms with Crippen molar-refractivity contribution in [2.45, 2.75) is 6.54 Å². The summed E-state index contributed by atoms with van der Waals surface area (Å²) in [6.07, 6.45) is 6.95. The number of amides is 1. The van der Waals surface area contributed by atoms with E-state index in [-0.39, 0.29) is 12.5 Å². The molecule has 2 aromatic rings. The Labute approximate surface area is 122 Å². The average Bonchev–Trinajstić information content (AvgIpc) is 3.02. The highest BCUT2D eigenvalue weighted by atomic mass is 16.5. The first-order valence-electron chi connectivity index (χ1n) is 6.86. The summed E-state index contributed by atoms with van der Waals surface area (Å²) >= 11 is 0. The van der Waals surface area contributed by atoms with Crippen LogP contribution in [0.15, 0.2) is 36.9 Å². The van der Waals surface area contributed by atoms with Gasteiger partial charge in [0.15, 0.2) is 0 Å².